The third-order valence-electron chi connectivity index (χ3n) is 7.46. The van der Waals surface area contributed by atoms with Crippen molar-refractivity contribution < 1.29 is 19.4 Å². The lowest BCUT2D eigenvalue weighted by molar-refractivity contribution is -0.152. The zero-order chi connectivity index (χ0) is 19.4. The van der Waals surface area contributed by atoms with E-state index < -0.39 is 5.60 Å². The Kier molecular flexibility index (Phi) is 4.71. The predicted octanol–water partition coefficient (Wildman–Crippen LogP) is 3.98. The fourth-order valence-corrected chi connectivity index (χ4v) is 5.64. The Morgan fingerprint density at radius 2 is 2.00 bits per heavy atom. The number of hydrogen-bond donors (Lipinski definition) is 1. The lowest BCUT2D eigenvalue weighted by Gasteiger charge is -2.43. The molecule has 4 heteroatoms. The van der Waals surface area contributed by atoms with Gasteiger partial charge in [-0.2, -0.15) is 0 Å². The second kappa shape index (κ2) is 6.33. The molecule has 0 amide bonds. The third kappa shape index (κ3) is 2.77. The number of aliphatic hydroxyl groups is 1. The minimum absolute atomic E-state index is 0.00810. The van der Waals surface area contributed by atoms with Crippen molar-refractivity contribution in [3.8, 4) is 0 Å². The molecule has 26 heavy (non-hydrogen) atoms. The minimum atomic E-state index is -0.879. The standard InChI is InChI=1S/C22H32O4/c1-12(2)22(25)11-20(26-15(5)23)21(6)10-17-14(4)18(24)9-16(17)13(3)7-8-19(21)22/h7,12,16,19-20,25H,8-11H2,1-6H3. The van der Waals surface area contributed by atoms with E-state index >= 15 is 0 Å². The second-order valence-corrected chi connectivity index (χ2v) is 9.20. The highest BCUT2D eigenvalue weighted by atomic mass is 16.5. The fourth-order valence-electron chi connectivity index (χ4n) is 5.64. The van der Waals surface area contributed by atoms with E-state index in [1.54, 1.807) is 0 Å². The highest BCUT2D eigenvalue weighted by molar-refractivity contribution is 5.99. The molecule has 0 bridgehead atoms. The summed E-state index contributed by atoms with van der Waals surface area (Å²) in [6, 6.07) is 0. The molecular formula is C22H32O4. The lowest BCUT2D eigenvalue weighted by atomic mass is 9.64. The first-order valence-corrected chi connectivity index (χ1v) is 9.79. The number of hydrogen-bond acceptors (Lipinski definition) is 4. The van der Waals surface area contributed by atoms with Crippen LogP contribution in [0.25, 0.3) is 0 Å². The highest BCUT2D eigenvalue weighted by Crippen LogP contribution is 2.60. The van der Waals surface area contributed by atoms with Gasteiger partial charge in [-0.1, -0.05) is 38.0 Å². The van der Waals surface area contributed by atoms with Crippen LogP contribution < -0.4 is 0 Å². The summed E-state index contributed by atoms with van der Waals surface area (Å²) in [5, 5.41) is 11.6. The first-order valence-electron chi connectivity index (χ1n) is 9.79. The van der Waals surface area contributed by atoms with Crippen molar-refractivity contribution in [1.82, 2.24) is 0 Å². The van der Waals surface area contributed by atoms with Gasteiger partial charge in [0.2, 0.25) is 0 Å². The summed E-state index contributed by atoms with van der Waals surface area (Å²) in [6.07, 6.45) is 4.35. The van der Waals surface area contributed by atoms with Gasteiger partial charge >= 0.3 is 5.97 Å². The zero-order valence-electron chi connectivity index (χ0n) is 16.9. The summed E-state index contributed by atoms with van der Waals surface area (Å²) in [6.45, 7) is 11.7. The molecule has 1 N–H and O–H groups in total. The molecule has 3 aliphatic rings. The van der Waals surface area contributed by atoms with Crippen molar-refractivity contribution in [3.05, 3.63) is 22.8 Å². The maximum atomic E-state index is 12.4. The molecule has 1 saturated carbocycles. The van der Waals surface area contributed by atoms with Crippen LogP contribution in [0.5, 0.6) is 0 Å². The summed E-state index contributed by atoms with van der Waals surface area (Å²) >= 11 is 0. The molecule has 0 saturated heterocycles. The molecule has 4 nitrogen and oxygen atoms in total. The quantitative estimate of drug-likeness (QED) is 0.598. The Balaban J connectivity index is 2.13. The number of rotatable bonds is 2. The maximum absolute atomic E-state index is 12.4. The second-order valence-electron chi connectivity index (χ2n) is 9.20. The Labute approximate surface area is 156 Å². The van der Waals surface area contributed by atoms with Crippen LogP contribution in [0.3, 0.4) is 0 Å². The molecular weight excluding hydrogens is 328 g/mol. The molecule has 1 fully saturated rings. The number of carbonyl (C=O) groups is 2. The first kappa shape index (κ1) is 19.3. The van der Waals surface area contributed by atoms with Crippen LogP contribution in [0, 0.1) is 23.2 Å². The van der Waals surface area contributed by atoms with E-state index in [1.807, 2.05) is 20.8 Å². The van der Waals surface area contributed by atoms with Gasteiger partial charge in [0.15, 0.2) is 5.78 Å². The number of carbonyl (C=O) groups excluding carboxylic acids is 2. The van der Waals surface area contributed by atoms with E-state index in [0.717, 1.165) is 12.0 Å². The van der Waals surface area contributed by atoms with E-state index in [4.69, 9.17) is 4.74 Å². The summed E-state index contributed by atoms with van der Waals surface area (Å²) in [5.74, 6) is 0.149. The van der Waals surface area contributed by atoms with Crippen LogP contribution in [-0.4, -0.2) is 28.6 Å². The molecule has 0 spiro atoms. The van der Waals surface area contributed by atoms with E-state index in [1.165, 1.54) is 18.1 Å². The number of allylic oxidation sites excluding steroid dienone is 4. The van der Waals surface area contributed by atoms with E-state index in [9.17, 15) is 14.7 Å². The van der Waals surface area contributed by atoms with Crippen molar-refractivity contribution in [2.24, 2.45) is 23.2 Å². The van der Waals surface area contributed by atoms with Gasteiger partial charge in [-0.15, -0.1) is 0 Å². The van der Waals surface area contributed by atoms with Crippen LogP contribution >= 0.6 is 0 Å². The molecule has 144 valence electrons. The van der Waals surface area contributed by atoms with Crippen molar-refractivity contribution in [2.45, 2.75) is 78.9 Å². The Morgan fingerprint density at radius 1 is 1.35 bits per heavy atom. The number of fused-ring (bicyclic) bond motifs is 2. The molecule has 0 aromatic heterocycles. The normalized spacial score (nSPS) is 40.1. The van der Waals surface area contributed by atoms with E-state index in [-0.39, 0.29) is 41.0 Å². The van der Waals surface area contributed by atoms with Gasteiger partial charge < -0.3 is 9.84 Å². The van der Waals surface area contributed by atoms with Gasteiger partial charge in [0.05, 0.1) is 5.60 Å². The Hall–Kier alpha value is -1.42. The number of ether oxygens (including phenoxy) is 1. The van der Waals surface area contributed by atoms with E-state index in [2.05, 4.69) is 19.9 Å². The topological polar surface area (TPSA) is 63.6 Å². The third-order valence-corrected chi connectivity index (χ3v) is 7.46. The maximum Gasteiger partial charge on any atom is 0.302 e. The molecule has 3 rings (SSSR count). The number of Topliss-reactive ketones (excluding diaryl/α,β-unsaturated/α-hetero) is 1. The van der Waals surface area contributed by atoms with Crippen molar-refractivity contribution in [1.29, 1.82) is 0 Å². The van der Waals surface area contributed by atoms with Crippen molar-refractivity contribution in [2.75, 3.05) is 0 Å². The van der Waals surface area contributed by atoms with Gasteiger partial charge in [-0.3, -0.25) is 9.59 Å². The average Bonchev–Trinajstić information content (AvgIpc) is 2.91. The molecule has 0 heterocycles. The summed E-state index contributed by atoms with van der Waals surface area (Å²) < 4.78 is 5.74. The minimum Gasteiger partial charge on any atom is -0.462 e. The summed E-state index contributed by atoms with van der Waals surface area (Å²) in [5.41, 5.74) is 2.03. The van der Waals surface area contributed by atoms with Gasteiger partial charge in [-0.05, 0) is 38.2 Å². The summed E-state index contributed by atoms with van der Waals surface area (Å²) in [7, 11) is 0. The van der Waals surface area contributed by atoms with Crippen LogP contribution in [0.1, 0.15) is 67.2 Å². The lowest BCUT2D eigenvalue weighted by Crippen LogP contribution is -2.44. The van der Waals surface area contributed by atoms with Gasteiger partial charge in [0.25, 0.3) is 0 Å². The van der Waals surface area contributed by atoms with Crippen molar-refractivity contribution >= 4 is 11.8 Å². The summed E-state index contributed by atoms with van der Waals surface area (Å²) in [4.78, 5) is 24.1. The molecule has 5 atom stereocenters. The highest BCUT2D eigenvalue weighted by Gasteiger charge is 2.62. The van der Waals surface area contributed by atoms with Crippen LogP contribution in [-0.2, 0) is 14.3 Å². The molecule has 0 aliphatic heterocycles. The van der Waals surface area contributed by atoms with Gasteiger partial charge in [-0.25, -0.2) is 0 Å². The number of esters is 1. The van der Waals surface area contributed by atoms with Gasteiger partial charge in [0.1, 0.15) is 6.10 Å². The van der Waals surface area contributed by atoms with Crippen LogP contribution in [0.2, 0.25) is 0 Å². The average molecular weight is 360 g/mol. The number of ketones is 1. The first-order chi connectivity index (χ1) is 12.0. The molecule has 0 aromatic carbocycles. The smallest absolute Gasteiger partial charge is 0.302 e. The Morgan fingerprint density at radius 3 is 2.58 bits per heavy atom. The fraction of sp³-hybridized carbons (Fsp3) is 0.727. The SMILES string of the molecule is CC(=O)OC1CC(O)(C(C)C)C2CC=C(C)C3CC(=O)C(C)=C3CC12C. The van der Waals surface area contributed by atoms with Crippen LogP contribution in [0.15, 0.2) is 22.8 Å². The predicted molar refractivity (Wildman–Crippen MR) is 100 cm³/mol. The largest absolute Gasteiger partial charge is 0.462 e. The molecule has 0 aromatic rings. The Bertz CT molecular complexity index is 701. The molecule has 5 unspecified atom stereocenters. The molecule has 3 aliphatic carbocycles. The van der Waals surface area contributed by atoms with Gasteiger partial charge in [0, 0.05) is 37.0 Å². The molecule has 0 radical (unpaired) electrons. The van der Waals surface area contributed by atoms with E-state index in [0.29, 0.717) is 19.3 Å². The zero-order valence-corrected chi connectivity index (χ0v) is 16.9. The van der Waals surface area contributed by atoms with Crippen molar-refractivity contribution in [3.63, 3.8) is 0 Å². The monoisotopic (exact) mass is 360 g/mol. The van der Waals surface area contributed by atoms with Crippen LogP contribution in [0.4, 0.5) is 0 Å².